The average molecular weight is 270 g/mol. The van der Waals surface area contributed by atoms with E-state index in [9.17, 15) is 9.90 Å². The molecule has 0 aromatic carbocycles. The molecule has 4 nitrogen and oxygen atoms in total. The highest BCUT2D eigenvalue weighted by molar-refractivity contribution is 7.99. The van der Waals surface area contributed by atoms with E-state index in [1.54, 1.807) is 4.57 Å². The maximum atomic E-state index is 12.4. The lowest BCUT2D eigenvalue weighted by Crippen LogP contribution is -2.27. The molecule has 1 N–H and O–H groups in total. The molecule has 0 aliphatic rings. The van der Waals surface area contributed by atoms with Gasteiger partial charge >= 0.3 is 0 Å². The van der Waals surface area contributed by atoms with Gasteiger partial charge in [-0.3, -0.25) is 9.36 Å². The summed E-state index contributed by atoms with van der Waals surface area (Å²) in [7, 11) is 0. The number of aromatic hydroxyl groups is 1. The molecule has 1 atom stereocenters. The highest BCUT2D eigenvalue weighted by Crippen LogP contribution is 2.26. The van der Waals surface area contributed by atoms with Gasteiger partial charge in [-0.1, -0.05) is 39.0 Å². The molecule has 1 aromatic heterocycles. The summed E-state index contributed by atoms with van der Waals surface area (Å²) in [6.45, 7) is 8.55. The summed E-state index contributed by atoms with van der Waals surface area (Å²) in [6, 6.07) is 0. The molecule has 0 saturated heterocycles. The van der Waals surface area contributed by atoms with E-state index in [-0.39, 0.29) is 17.4 Å². The Morgan fingerprint density at radius 1 is 1.39 bits per heavy atom. The minimum atomic E-state index is -0.0957. The maximum absolute atomic E-state index is 12.4. The van der Waals surface area contributed by atoms with Crippen molar-refractivity contribution in [2.75, 3.05) is 5.75 Å². The van der Waals surface area contributed by atoms with Crippen molar-refractivity contribution in [3.05, 3.63) is 15.9 Å². The Kier molecular flexibility index (Phi) is 5.72. The minimum Gasteiger partial charge on any atom is -0.493 e. The van der Waals surface area contributed by atoms with Crippen LogP contribution in [0.15, 0.2) is 9.95 Å². The van der Waals surface area contributed by atoms with Crippen LogP contribution < -0.4 is 5.56 Å². The van der Waals surface area contributed by atoms with Gasteiger partial charge in [0.1, 0.15) is 0 Å². The van der Waals surface area contributed by atoms with Crippen LogP contribution in [0.3, 0.4) is 0 Å². The Labute approximate surface area is 112 Å². The topological polar surface area (TPSA) is 55.1 Å². The summed E-state index contributed by atoms with van der Waals surface area (Å²) in [5.74, 6) is 0.783. The van der Waals surface area contributed by atoms with Crippen LogP contribution in [0.1, 0.15) is 52.0 Å². The molecule has 102 valence electrons. The molecule has 1 aromatic rings. The van der Waals surface area contributed by atoms with Crippen LogP contribution >= 0.6 is 11.8 Å². The van der Waals surface area contributed by atoms with Gasteiger partial charge in [0.15, 0.2) is 5.16 Å². The van der Waals surface area contributed by atoms with Crippen molar-refractivity contribution in [2.24, 2.45) is 0 Å². The van der Waals surface area contributed by atoms with Crippen molar-refractivity contribution in [3.8, 4) is 5.88 Å². The lowest BCUT2D eigenvalue weighted by atomic mass is 9.98. The van der Waals surface area contributed by atoms with E-state index in [4.69, 9.17) is 0 Å². The second kappa shape index (κ2) is 6.83. The zero-order chi connectivity index (χ0) is 13.7. The zero-order valence-corrected chi connectivity index (χ0v) is 12.4. The molecule has 0 saturated carbocycles. The smallest absolute Gasteiger partial charge is 0.261 e. The molecule has 0 radical (unpaired) electrons. The number of aromatic nitrogens is 2. The minimum absolute atomic E-state index is 0.0495. The molecule has 0 bridgehead atoms. The van der Waals surface area contributed by atoms with Crippen molar-refractivity contribution in [1.29, 1.82) is 0 Å². The first-order chi connectivity index (χ1) is 8.56. The highest BCUT2D eigenvalue weighted by atomic mass is 32.2. The summed E-state index contributed by atoms with van der Waals surface area (Å²) in [5, 5.41) is 10.6. The second-order valence-electron chi connectivity index (χ2n) is 4.30. The standard InChI is InChI=1S/C13H22N2O2S/c1-5-8-9(4)10-11(16)14-13(18-7-3)15(6-2)12(10)17/h9,16H,5-8H2,1-4H3/t9-/m0/s1. The van der Waals surface area contributed by atoms with E-state index in [1.807, 2.05) is 20.8 Å². The molecule has 0 aliphatic carbocycles. The number of nitrogens with zero attached hydrogens (tertiary/aromatic N) is 2. The molecule has 0 amide bonds. The zero-order valence-electron chi connectivity index (χ0n) is 11.6. The van der Waals surface area contributed by atoms with Crippen molar-refractivity contribution in [1.82, 2.24) is 9.55 Å². The average Bonchev–Trinajstić information content (AvgIpc) is 2.29. The van der Waals surface area contributed by atoms with Crippen LogP contribution in [0.5, 0.6) is 5.88 Å². The van der Waals surface area contributed by atoms with Gasteiger partial charge in [-0.25, -0.2) is 0 Å². The van der Waals surface area contributed by atoms with Gasteiger partial charge in [-0.15, -0.1) is 0 Å². The first-order valence-electron chi connectivity index (χ1n) is 6.53. The molecule has 0 fully saturated rings. The number of hydrogen-bond donors (Lipinski definition) is 1. The lowest BCUT2D eigenvalue weighted by molar-refractivity contribution is 0.415. The van der Waals surface area contributed by atoms with Gasteiger partial charge < -0.3 is 5.11 Å². The third-order valence-electron chi connectivity index (χ3n) is 2.95. The van der Waals surface area contributed by atoms with E-state index in [1.165, 1.54) is 11.8 Å². The molecular weight excluding hydrogens is 248 g/mol. The van der Waals surface area contributed by atoms with Gasteiger partial charge in [0.25, 0.3) is 5.56 Å². The third-order valence-corrected chi connectivity index (χ3v) is 3.81. The molecule has 5 heteroatoms. The van der Waals surface area contributed by atoms with Gasteiger partial charge in [0, 0.05) is 6.54 Å². The van der Waals surface area contributed by atoms with Gasteiger partial charge in [0.05, 0.1) is 5.56 Å². The van der Waals surface area contributed by atoms with Crippen molar-refractivity contribution >= 4 is 11.8 Å². The number of thioether (sulfide) groups is 1. The van der Waals surface area contributed by atoms with E-state index in [2.05, 4.69) is 11.9 Å². The largest absolute Gasteiger partial charge is 0.493 e. The fraction of sp³-hybridized carbons (Fsp3) is 0.692. The molecule has 0 spiro atoms. The number of hydrogen-bond acceptors (Lipinski definition) is 4. The Morgan fingerprint density at radius 3 is 2.56 bits per heavy atom. The fourth-order valence-corrected chi connectivity index (χ4v) is 2.84. The Bertz CT molecular complexity index is 457. The molecular formula is C13H22N2O2S. The maximum Gasteiger partial charge on any atom is 0.261 e. The molecule has 0 unspecified atom stereocenters. The first kappa shape index (κ1) is 15.1. The summed E-state index contributed by atoms with van der Waals surface area (Å²) in [6.07, 6.45) is 1.87. The van der Waals surface area contributed by atoms with E-state index in [0.29, 0.717) is 17.3 Å². The van der Waals surface area contributed by atoms with Crippen LogP contribution in [-0.4, -0.2) is 20.4 Å². The quantitative estimate of drug-likeness (QED) is 0.638. The van der Waals surface area contributed by atoms with Crippen molar-refractivity contribution in [3.63, 3.8) is 0 Å². The SMILES string of the molecule is CCC[C@H](C)c1c(O)nc(SCC)n(CC)c1=O. The van der Waals surface area contributed by atoms with Crippen LogP contribution in [0.25, 0.3) is 0 Å². The predicted molar refractivity (Wildman–Crippen MR) is 75.6 cm³/mol. The molecule has 0 aliphatic heterocycles. The van der Waals surface area contributed by atoms with E-state index >= 15 is 0 Å². The summed E-state index contributed by atoms with van der Waals surface area (Å²) in [4.78, 5) is 16.6. The first-order valence-corrected chi connectivity index (χ1v) is 7.51. The van der Waals surface area contributed by atoms with Crippen LogP contribution in [0.2, 0.25) is 0 Å². The Balaban J connectivity index is 3.33. The van der Waals surface area contributed by atoms with Crippen LogP contribution in [0.4, 0.5) is 0 Å². The van der Waals surface area contributed by atoms with Crippen LogP contribution in [0, 0.1) is 0 Å². The molecule has 1 rings (SSSR count). The Hall–Kier alpha value is -0.970. The second-order valence-corrected chi connectivity index (χ2v) is 5.53. The van der Waals surface area contributed by atoms with Gasteiger partial charge in [0.2, 0.25) is 5.88 Å². The van der Waals surface area contributed by atoms with Gasteiger partial charge in [-0.05, 0) is 25.0 Å². The van der Waals surface area contributed by atoms with Gasteiger partial charge in [-0.2, -0.15) is 4.98 Å². The number of rotatable bonds is 6. The van der Waals surface area contributed by atoms with Crippen molar-refractivity contribution < 1.29 is 5.11 Å². The Morgan fingerprint density at radius 2 is 2.06 bits per heavy atom. The lowest BCUT2D eigenvalue weighted by Gasteiger charge is -2.16. The highest BCUT2D eigenvalue weighted by Gasteiger charge is 2.19. The van der Waals surface area contributed by atoms with E-state index < -0.39 is 0 Å². The summed E-state index contributed by atoms with van der Waals surface area (Å²) >= 11 is 1.48. The summed E-state index contributed by atoms with van der Waals surface area (Å²) in [5.41, 5.74) is 0.362. The summed E-state index contributed by atoms with van der Waals surface area (Å²) < 4.78 is 1.65. The fourth-order valence-electron chi connectivity index (χ4n) is 2.07. The normalized spacial score (nSPS) is 12.7. The van der Waals surface area contributed by atoms with Crippen LogP contribution in [-0.2, 0) is 6.54 Å². The van der Waals surface area contributed by atoms with E-state index in [0.717, 1.165) is 18.6 Å². The predicted octanol–water partition coefficient (Wildman–Crippen LogP) is 2.98. The van der Waals surface area contributed by atoms with Crippen molar-refractivity contribution in [2.45, 2.75) is 58.2 Å². The monoisotopic (exact) mass is 270 g/mol. The molecule has 1 heterocycles. The molecule has 18 heavy (non-hydrogen) atoms. The third kappa shape index (κ3) is 3.07.